The third kappa shape index (κ3) is 3.46. The van der Waals surface area contributed by atoms with Crippen LogP contribution in [0.15, 0.2) is 36.4 Å². The summed E-state index contributed by atoms with van der Waals surface area (Å²) in [5.41, 5.74) is 3.13. The largest absolute Gasteiger partial charge is 0.392 e. The normalized spacial score (nSPS) is 24.8. The van der Waals surface area contributed by atoms with Crippen LogP contribution in [0.25, 0.3) is 10.8 Å². The van der Waals surface area contributed by atoms with Crippen molar-refractivity contribution in [3.63, 3.8) is 0 Å². The van der Waals surface area contributed by atoms with Gasteiger partial charge in [-0.3, -0.25) is 4.90 Å². The van der Waals surface area contributed by atoms with E-state index in [2.05, 4.69) is 60.2 Å². The van der Waals surface area contributed by atoms with Gasteiger partial charge in [-0.1, -0.05) is 36.4 Å². The lowest BCUT2D eigenvalue weighted by atomic mass is 9.71. The first-order valence-electron chi connectivity index (χ1n) is 9.61. The van der Waals surface area contributed by atoms with E-state index >= 15 is 0 Å². The van der Waals surface area contributed by atoms with Crippen LogP contribution in [0.3, 0.4) is 0 Å². The number of aryl methyl sites for hydroxylation is 1. The molecule has 2 aliphatic rings. The molecule has 2 aromatic carbocycles. The Morgan fingerprint density at radius 2 is 1.80 bits per heavy atom. The zero-order valence-corrected chi connectivity index (χ0v) is 15.5. The van der Waals surface area contributed by atoms with Gasteiger partial charge in [-0.15, -0.1) is 0 Å². The van der Waals surface area contributed by atoms with Crippen molar-refractivity contribution in [2.75, 3.05) is 33.2 Å². The van der Waals surface area contributed by atoms with Gasteiger partial charge in [0, 0.05) is 19.6 Å². The molecule has 2 fully saturated rings. The Bertz CT molecular complexity index is 737. The molecule has 0 saturated carbocycles. The molecule has 2 aromatic rings. The van der Waals surface area contributed by atoms with E-state index in [0.29, 0.717) is 5.41 Å². The highest BCUT2D eigenvalue weighted by molar-refractivity contribution is 5.88. The number of hydrogen-bond donors (Lipinski definition) is 1. The molecule has 3 nitrogen and oxygen atoms in total. The smallest absolute Gasteiger partial charge is 0.0672 e. The summed E-state index contributed by atoms with van der Waals surface area (Å²) in [6.45, 7) is 7.49. The molecule has 0 aliphatic carbocycles. The number of β-amino-alcohol motifs (C(OH)–C–C–N with tert-alkyl or cyclic N) is 1. The van der Waals surface area contributed by atoms with E-state index in [1.165, 1.54) is 34.7 Å². The summed E-state index contributed by atoms with van der Waals surface area (Å²) >= 11 is 0. The molecule has 2 heterocycles. The van der Waals surface area contributed by atoms with Crippen molar-refractivity contribution in [2.45, 2.75) is 38.8 Å². The highest BCUT2D eigenvalue weighted by atomic mass is 16.3. The fourth-order valence-electron chi connectivity index (χ4n) is 5.06. The van der Waals surface area contributed by atoms with Gasteiger partial charge in [0.15, 0.2) is 0 Å². The molecule has 25 heavy (non-hydrogen) atoms. The number of rotatable bonds is 2. The molecular formula is C22H30N2O. The Labute approximate surface area is 151 Å². The van der Waals surface area contributed by atoms with E-state index < -0.39 is 0 Å². The first kappa shape index (κ1) is 17.0. The van der Waals surface area contributed by atoms with Gasteiger partial charge in [-0.25, -0.2) is 0 Å². The number of likely N-dealkylation sites (tertiary alicyclic amines) is 2. The van der Waals surface area contributed by atoms with Crippen LogP contribution in [-0.2, 0) is 6.54 Å². The maximum atomic E-state index is 10.2. The fraction of sp³-hybridized carbons (Fsp3) is 0.545. The summed E-state index contributed by atoms with van der Waals surface area (Å²) in [5.74, 6) is 0. The van der Waals surface area contributed by atoms with Crippen molar-refractivity contribution in [2.24, 2.45) is 5.41 Å². The van der Waals surface area contributed by atoms with Crippen LogP contribution in [0.2, 0.25) is 0 Å². The summed E-state index contributed by atoms with van der Waals surface area (Å²) in [4.78, 5) is 4.92. The van der Waals surface area contributed by atoms with Gasteiger partial charge in [-0.2, -0.15) is 0 Å². The van der Waals surface area contributed by atoms with Gasteiger partial charge < -0.3 is 10.0 Å². The minimum absolute atomic E-state index is 0.147. The van der Waals surface area contributed by atoms with Gasteiger partial charge in [0.05, 0.1) is 6.10 Å². The summed E-state index contributed by atoms with van der Waals surface area (Å²) in [5, 5.41) is 13.0. The number of aliphatic hydroxyl groups is 1. The number of fused-ring (bicyclic) bond motifs is 1. The van der Waals surface area contributed by atoms with Crippen LogP contribution in [0, 0.1) is 12.3 Å². The van der Waals surface area contributed by atoms with Crippen molar-refractivity contribution in [3.8, 4) is 0 Å². The SMILES string of the molecule is Cc1ccc(CN2CCC3(CC2)CC(O)CN(C)C3)c2ccccc12. The second-order valence-electron chi connectivity index (χ2n) is 8.42. The van der Waals surface area contributed by atoms with Crippen molar-refractivity contribution in [1.82, 2.24) is 9.80 Å². The molecule has 1 N–H and O–H groups in total. The van der Waals surface area contributed by atoms with Gasteiger partial charge >= 0.3 is 0 Å². The lowest BCUT2D eigenvalue weighted by molar-refractivity contribution is -0.0330. The van der Waals surface area contributed by atoms with Gasteiger partial charge in [0.25, 0.3) is 0 Å². The molecule has 0 amide bonds. The molecule has 2 aliphatic heterocycles. The third-order valence-corrected chi connectivity index (χ3v) is 6.34. The van der Waals surface area contributed by atoms with Crippen LogP contribution in [0.4, 0.5) is 0 Å². The number of aliphatic hydroxyl groups excluding tert-OH is 1. The molecule has 0 aromatic heterocycles. The molecular weight excluding hydrogens is 308 g/mol. The minimum Gasteiger partial charge on any atom is -0.392 e. The maximum Gasteiger partial charge on any atom is 0.0672 e. The lowest BCUT2D eigenvalue weighted by Crippen LogP contribution is -2.52. The molecule has 1 unspecified atom stereocenters. The molecule has 0 bridgehead atoms. The Balaban J connectivity index is 1.47. The predicted molar refractivity (Wildman–Crippen MR) is 104 cm³/mol. The van der Waals surface area contributed by atoms with Crippen LogP contribution in [0.5, 0.6) is 0 Å². The maximum absolute atomic E-state index is 10.2. The average Bonchev–Trinajstić information content (AvgIpc) is 2.59. The molecule has 1 spiro atoms. The molecule has 0 radical (unpaired) electrons. The first-order chi connectivity index (χ1) is 12.0. The summed E-state index contributed by atoms with van der Waals surface area (Å²) < 4.78 is 0. The van der Waals surface area contributed by atoms with Crippen molar-refractivity contribution >= 4 is 10.8 Å². The Morgan fingerprint density at radius 1 is 1.08 bits per heavy atom. The Hall–Kier alpha value is -1.42. The third-order valence-electron chi connectivity index (χ3n) is 6.34. The average molecular weight is 338 g/mol. The van der Waals surface area contributed by atoms with E-state index in [1.807, 2.05) is 0 Å². The quantitative estimate of drug-likeness (QED) is 0.909. The van der Waals surface area contributed by atoms with E-state index in [9.17, 15) is 5.11 Å². The zero-order valence-electron chi connectivity index (χ0n) is 15.5. The standard InChI is InChI=1S/C22H30N2O/c1-17-7-8-18(21-6-4-3-5-20(17)21)14-24-11-9-22(10-12-24)13-19(25)15-23(2)16-22/h3-8,19,25H,9-16H2,1-2H3. The second kappa shape index (κ2) is 6.71. The topological polar surface area (TPSA) is 26.7 Å². The monoisotopic (exact) mass is 338 g/mol. The fourth-order valence-corrected chi connectivity index (χ4v) is 5.06. The summed E-state index contributed by atoms with van der Waals surface area (Å²) in [6, 6.07) is 13.3. The zero-order chi connectivity index (χ0) is 17.4. The van der Waals surface area contributed by atoms with Crippen LogP contribution in [0.1, 0.15) is 30.4 Å². The van der Waals surface area contributed by atoms with Crippen LogP contribution >= 0.6 is 0 Å². The Kier molecular flexibility index (Phi) is 4.57. The van der Waals surface area contributed by atoms with Crippen molar-refractivity contribution < 1.29 is 5.11 Å². The van der Waals surface area contributed by atoms with Gasteiger partial charge in [-0.05, 0) is 73.6 Å². The highest BCUT2D eigenvalue weighted by Gasteiger charge is 2.40. The number of hydrogen-bond acceptors (Lipinski definition) is 3. The summed E-state index contributed by atoms with van der Waals surface area (Å²) in [7, 11) is 2.15. The molecule has 2 saturated heterocycles. The second-order valence-corrected chi connectivity index (χ2v) is 8.42. The van der Waals surface area contributed by atoms with E-state index in [-0.39, 0.29) is 6.10 Å². The van der Waals surface area contributed by atoms with Crippen molar-refractivity contribution in [1.29, 1.82) is 0 Å². The minimum atomic E-state index is -0.147. The number of nitrogens with zero attached hydrogens (tertiary/aromatic N) is 2. The molecule has 134 valence electrons. The molecule has 3 heteroatoms. The lowest BCUT2D eigenvalue weighted by Gasteiger charge is -2.48. The first-order valence-corrected chi connectivity index (χ1v) is 9.61. The number of likely N-dealkylation sites (N-methyl/N-ethyl adjacent to an activating group) is 1. The predicted octanol–water partition coefficient (Wildman–Crippen LogP) is 3.43. The Morgan fingerprint density at radius 3 is 2.52 bits per heavy atom. The number of piperidine rings is 2. The molecule has 1 atom stereocenters. The van der Waals surface area contributed by atoms with E-state index in [1.54, 1.807) is 0 Å². The van der Waals surface area contributed by atoms with E-state index in [4.69, 9.17) is 0 Å². The van der Waals surface area contributed by atoms with Gasteiger partial charge in [0.1, 0.15) is 0 Å². The van der Waals surface area contributed by atoms with Crippen LogP contribution < -0.4 is 0 Å². The van der Waals surface area contributed by atoms with Crippen LogP contribution in [-0.4, -0.2) is 54.2 Å². The summed E-state index contributed by atoms with van der Waals surface area (Å²) in [6.07, 6.45) is 3.25. The molecule has 4 rings (SSSR count). The number of benzene rings is 2. The van der Waals surface area contributed by atoms with Crippen molar-refractivity contribution in [3.05, 3.63) is 47.5 Å². The van der Waals surface area contributed by atoms with Gasteiger partial charge in [0.2, 0.25) is 0 Å². The van der Waals surface area contributed by atoms with E-state index in [0.717, 1.165) is 39.1 Å². The highest BCUT2D eigenvalue weighted by Crippen LogP contribution is 2.40.